The van der Waals surface area contributed by atoms with Crippen LogP contribution in [0.1, 0.15) is 5.56 Å². The van der Waals surface area contributed by atoms with Crippen molar-refractivity contribution in [1.82, 2.24) is 4.98 Å². The average molecular weight is 261 g/mol. The van der Waals surface area contributed by atoms with E-state index in [1.54, 1.807) is 31.4 Å². The van der Waals surface area contributed by atoms with Gasteiger partial charge in [0.05, 0.1) is 23.9 Å². The summed E-state index contributed by atoms with van der Waals surface area (Å²) < 4.78 is 10.7. The Balaban J connectivity index is 2.36. The first-order valence-corrected chi connectivity index (χ1v) is 5.47. The third kappa shape index (κ3) is 2.70. The Morgan fingerprint density at radius 1 is 1.22 bits per heavy atom. The van der Waals surface area contributed by atoms with Gasteiger partial charge in [-0.25, -0.2) is 0 Å². The van der Waals surface area contributed by atoms with Crippen LogP contribution in [0.4, 0.5) is 0 Å². The summed E-state index contributed by atoms with van der Waals surface area (Å²) in [5.41, 5.74) is 0.413. The Morgan fingerprint density at radius 3 is 2.72 bits per heavy atom. The van der Waals surface area contributed by atoms with E-state index in [1.165, 1.54) is 12.4 Å². The summed E-state index contributed by atoms with van der Waals surface area (Å²) in [4.78, 5) is 3.91. The number of methoxy groups -OCH3 is 1. The predicted octanol–water partition coefficient (Wildman–Crippen LogP) is 3.41. The van der Waals surface area contributed by atoms with Crippen LogP contribution in [0, 0.1) is 11.3 Å². The Kier molecular flexibility index (Phi) is 3.66. The van der Waals surface area contributed by atoms with Gasteiger partial charge in [-0.05, 0) is 12.1 Å². The Labute approximate surface area is 109 Å². The lowest BCUT2D eigenvalue weighted by atomic mass is 10.2. The van der Waals surface area contributed by atoms with Crippen molar-refractivity contribution in [3.05, 3.63) is 47.2 Å². The Morgan fingerprint density at radius 2 is 2.06 bits per heavy atom. The molecule has 1 aromatic heterocycles. The molecular formula is C13H9ClN2O2. The van der Waals surface area contributed by atoms with E-state index in [0.717, 1.165) is 0 Å². The molecule has 1 heterocycles. The molecule has 0 spiro atoms. The summed E-state index contributed by atoms with van der Waals surface area (Å²) in [6, 6.07) is 8.63. The van der Waals surface area contributed by atoms with Crippen molar-refractivity contribution >= 4 is 11.6 Å². The minimum atomic E-state index is 0.404. The van der Waals surface area contributed by atoms with Gasteiger partial charge in [0, 0.05) is 18.3 Å². The fraction of sp³-hybridized carbons (Fsp3) is 0.0769. The van der Waals surface area contributed by atoms with Gasteiger partial charge in [0.2, 0.25) is 0 Å². The van der Waals surface area contributed by atoms with Crippen molar-refractivity contribution in [2.24, 2.45) is 0 Å². The second-order valence-corrected chi connectivity index (χ2v) is 3.85. The zero-order valence-electron chi connectivity index (χ0n) is 9.55. The first kappa shape index (κ1) is 12.2. The van der Waals surface area contributed by atoms with Crippen molar-refractivity contribution in [1.29, 1.82) is 5.26 Å². The Bertz CT molecular complexity index is 608. The number of hydrogen-bond donors (Lipinski definition) is 0. The average Bonchev–Trinajstić information content (AvgIpc) is 2.38. The van der Waals surface area contributed by atoms with Crippen molar-refractivity contribution in [3.63, 3.8) is 0 Å². The molecule has 0 saturated carbocycles. The second kappa shape index (κ2) is 5.39. The molecule has 4 nitrogen and oxygen atoms in total. The van der Waals surface area contributed by atoms with Gasteiger partial charge in [0.15, 0.2) is 0 Å². The van der Waals surface area contributed by atoms with E-state index >= 15 is 0 Å². The lowest BCUT2D eigenvalue weighted by Crippen LogP contribution is -1.91. The topological polar surface area (TPSA) is 55.1 Å². The largest absolute Gasteiger partial charge is 0.497 e. The minimum Gasteiger partial charge on any atom is -0.497 e. The van der Waals surface area contributed by atoms with Crippen LogP contribution >= 0.6 is 11.6 Å². The van der Waals surface area contributed by atoms with Crippen LogP contribution in [0.25, 0.3) is 0 Å². The molecule has 0 radical (unpaired) electrons. The molecule has 0 aliphatic heterocycles. The Hall–Kier alpha value is -2.25. The molecule has 1 aromatic carbocycles. The fourth-order valence-corrected chi connectivity index (χ4v) is 1.55. The third-order valence-electron chi connectivity index (χ3n) is 2.22. The first-order chi connectivity index (χ1) is 8.72. The van der Waals surface area contributed by atoms with E-state index < -0.39 is 0 Å². The molecule has 0 N–H and O–H groups in total. The van der Waals surface area contributed by atoms with E-state index in [-0.39, 0.29) is 0 Å². The number of hydrogen-bond acceptors (Lipinski definition) is 4. The molecular weight excluding hydrogens is 252 g/mol. The normalized spacial score (nSPS) is 9.61. The molecule has 2 rings (SSSR count). The van der Waals surface area contributed by atoms with Crippen LogP contribution in [-0.4, -0.2) is 12.1 Å². The summed E-state index contributed by atoms with van der Waals surface area (Å²) >= 11 is 5.81. The molecule has 18 heavy (non-hydrogen) atoms. The molecule has 90 valence electrons. The quantitative estimate of drug-likeness (QED) is 0.849. The standard InChI is InChI=1S/C13H9ClN2O2/c1-17-11-3-2-9(6-15)13(5-11)18-12-4-10(14)7-16-8-12/h2-5,7-8H,1H3. The lowest BCUT2D eigenvalue weighted by molar-refractivity contribution is 0.408. The van der Waals surface area contributed by atoms with Crippen LogP contribution in [-0.2, 0) is 0 Å². The van der Waals surface area contributed by atoms with E-state index in [4.69, 9.17) is 26.3 Å². The zero-order valence-corrected chi connectivity index (χ0v) is 10.3. The van der Waals surface area contributed by atoms with Gasteiger partial charge in [-0.2, -0.15) is 5.26 Å². The highest BCUT2D eigenvalue weighted by Gasteiger charge is 2.07. The monoisotopic (exact) mass is 260 g/mol. The summed E-state index contributed by atoms with van der Waals surface area (Å²) in [6.07, 6.45) is 3.03. The summed E-state index contributed by atoms with van der Waals surface area (Å²) in [5.74, 6) is 1.48. The fourth-order valence-electron chi connectivity index (χ4n) is 1.38. The number of ether oxygens (including phenoxy) is 2. The number of benzene rings is 1. The molecule has 0 aliphatic rings. The van der Waals surface area contributed by atoms with E-state index in [2.05, 4.69) is 4.98 Å². The summed E-state index contributed by atoms with van der Waals surface area (Å²) in [5, 5.41) is 9.47. The van der Waals surface area contributed by atoms with E-state index in [9.17, 15) is 0 Å². The van der Waals surface area contributed by atoms with Gasteiger partial charge in [0.25, 0.3) is 0 Å². The highest BCUT2D eigenvalue weighted by atomic mass is 35.5. The van der Waals surface area contributed by atoms with Gasteiger partial charge in [-0.15, -0.1) is 0 Å². The highest BCUT2D eigenvalue weighted by molar-refractivity contribution is 6.30. The SMILES string of the molecule is COc1ccc(C#N)c(Oc2cncc(Cl)c2)c1. The number of aromatic nitrogens is 1. The van der Waals surface area contributed by atoms with Crippen LogP contribution in [0.5, 0.6) is 17.2 Å². The van der Waals surface area contributed by atoms with Crippen LogP contribution < -0.4 is 9.47 Å². The van der Waals surface area contributed by atoms with Crippen LogP contribution in [0.2, 0.25) is 5.02 Å². The number of pyridine rings is 1. The maximum atomic E-state index is 9.00. The lowest BCUT2D eigenvalue weighted by Gasteiger charge is -2.08. The number of halogens is 1. The van der Waals surface area contributed by atoms with Crippen molar-refractivity contribution in [2.45, 2.75) is 0 Å². The number of nitrogens with zero attached hydrogens (tertiary/aromatic N) is 2. The smallest absolute Gasteiger partial charge is 0.148 e. The molecule has 5 heteroatoms. The molecule has 2 aromatic rings. The molecule has 0 fully saturated rings. The van der Waals surface area contributed by atoms with Crippen LogP contribution in [0.3, 0.4) is 0 Å². The molecule has 0 atom stereocenters. The van der Waals surface area contributed by atoms with Crippen molar-refractivity contribution in [2.75, 3.05) is 7.11 Å². The summed E-state index contributed by atoms with van der Waals surface area (Å²) in [6.45, 7) is 0. The van der Waals surface area contributed by atoms with Gasteiger partial charge >= 0.3 is 0 Å². The second-order valence-electron chi connectivity index (χ2n) is 3.41. The minimum absolute atomic E-state index is 0.404. The van der Waals surface area contributed by atoms with Gasteiger partial charge in [-0.3, -0.25) is 4.98 Å². The molecule has 0 bridgehead atoms. The predicted molar refractivity (Wildman–Crippen MR) is 67.0 cm³/mol. The molecule has 0 amide bonds. The maximum Gasteiger partial charge on any atom is 0.148 e. The van der Waals surface area contributed by atoms with E-state index in [0.29, 0.717) is 27.8 Å². The van der Waals surface area contributed by atoms with Gasteiger partial charge in [0.1, 0.15) is 23.3 Å². The van der Waals surface area contributed by atoms with Gasteiger partial charge in [-0.1, -0.05) is 11.6 Å². The van der Waals surface area contributed by atoms with Crippen LogP contribution in [0.15, 0.2) is 36.7 Å². The first-order valence-electron chi connectivity index (χ1n) is 5.09. The van der Waals surface area contributed by atoms with Crippen molar-refractivity contribution < 1.29 is 9.47 Å². The maximum absolute atomic E-state index is 9.00. The molecule has 0 unspecified atom stereocenters. The number of rotatable bonds is 3. The molecule has 0 saturated heterocycles. The number of nitriles is 1. The highest BCUT2D eigenvalue weighted by Crippen LogP contribution is 2.29. The molecule has 0 aliphatic carbocycles. The zero-order chi connectivity index (χ0) is 13.0. The van der Waals surface area contributed by atoms with E-state index in [1.807, 2.05) is 6.07 Å². The summed E-state index contributed by atoms with van der Waals surface area (Å²) in [7, 11) is 1.55. The van der Waals surface area contributed by atoms with Crippen molar-refractivity contribution in [3.8, 4) is 23.3 Å². The third-order valence-corrected chi connectivity index (χ3v) is 2.42. The van der Waals surface area contributed by atoms with Gasteiger partial charge < -0.3 is 9.47 Å².